The third-order valence-electron chi connectivity index (χ3n) is 3.04. The van der Waals surface area contributed by atoms with Crippen LogP contribution in [0.15, 0.2) is 24.3 Å². The topological polar surface area (TPSA) is 24.1 Å². The van der Waals surface area contributed by atoms with Gasteiger partial charge in [-0.05, 0) is 64.3 Å². The summed E-state index contributed by atoms with van der Waals surface area (Å²) in [6.07, 6.45) is 4.86. The molecule has 0 fully saturated rings. The van der Waals surface area contributed by atoms with Gasteiger partial charge in [0.1, 0.15) is 0 Å². The molecule has 1 rings (SSSR count). The van der Waals surface area contributed by atoms with Crippen LogP contribution in [-0.4, -0.2) is 26.2 Å². The minimum absolute atomic E-state index is 1.13. The van der Waals surface area contributed by atoms with Gasteiger partial charge < -0.3 is 10.6 Å². The lowest BCUT2D eigenvalue weighted by Crippen LogP contribution is -2.23. The Balaban J connectivity index is 1.92. The van der Waals surface area contributed by atoms with Crippen molar-refractivity contribution in [1.29, 1.82) is 0 Å². The van der Waals surface area contributed by atoms with Gasteiger partial charge >= 0.3 is 0 Å². The summed E-state index contributed by atoms with van der Waals surface area (Å²) >= 11 is 0. The monoisotopic (exact) mass is 248 g/mol. The first-order chi connectivity index (χ1) is 8.83. The minimum Gasteiger partial charge on any atom is -0.317 e. The van der Waals surface area contributed by atoms with Crippen molar-refractivity contribution in [3.8, 4) is 0 Å². The molecule has 102 valence electrons. The van der Waals surface area contributed by atoms with E-state index in [1.165, 1.54) is 36.8 Å². The summed E-state index contributed by atoms with van der Waals surface area (Å²) in [5, 5.41) is 6.93. The largest absolute Gasteiger partial charge is 0.317 e. The molecular formula is C16H28N2. The molecule has 0 radical (unpaired) electrons. The van der Waals surface area contributed by atoms with Crippen LogP contribution in [-0.2, 0) is 6.42 Å². The summed E-state index contributed by atoms with van der Waals surface area (Å²) in [7, 11) is 0. The van der Waals surface area contributed by atoms with Crippen molar-refractivity contribution >= 4 is 0 Å². The third-order valence-corrected chi connectivity index (χ3v) is 3.04. The highest BCUT2D eigenvalue weighted by molar-refractivity contribution is 5.22. The van der Waals surface area contributed by atoms with Crippen molar-refractivity contribution < 1.29 is 0 Å². The molecule has 2 nitrogen and oxygen atoms in total. The Morgan fingerprint density at radius 1 is 0.944 bits per heavy atom. The first-order valence-electron chi connectivity index (χ1n) is 7.30. The molecule has 0 amide bonds. The Morgan fingerprint density at radius 2 is 1.67 bits per heavy atom. The summed E-state index contributed by atoms with van der Waals surface area (Å²) in [5.41, 5.74) is 2.82. The van der Waals surface area contributed by atoms with E-state index in [0.717, 1.165) is 26.2 Å². The van der Waals surface area contributed by atoms with E-state index in [1.807, 2.05) is 0 Å². The number of rotatable bonds is 10. The van der Waals surface area contributed by atoms with Crippen LogP contribution in [0.5, 0.6) is 0 Å². The normalized spacial score (nSPS) is 10.8. The Bertz CT molecular complexity index is 310. The Hall–Kier alpha value is -0.860. The minimum atomic E-state index is 1.13. The molecule has 1 aromatic rings. The molecule has 2 heteroatoms. The van der Waals surface area contributed by atoms with Gasteiger partial charge in [0.2, 0.25) is 0 Å². The van der Waals surface area contributed by atoms with E-state index in [1.54, 1.807) is 0 Å². The average molecular weight is 248 g/mol. The smallest absolute Gasteiger partial charge is 0.00368 e. The van der Waals surface area contributed by atoms with Crippen LogP contribution < -0.4 is 10.6 Å². The predicted molar refractivity (Wildman–Crippen MR) is 80.1 cm³/mol. The highest BCUT2D eigenvalue weighted by Crippen LogP contribution is 2.05. The van der Waals surface area contributed by atoms with E-state index in [-0.39, 0.29) is 0 Å². The number of nitrogens with one attached hydrogen (secondary N) is 2. The number of hydrogen-bond donors (Lipinski definition) is 2. The van der Waals surface area contributed by atoms with E-state index in [2.05, 4.69) is 48.7 Å². The van der Waals surface area contributed by atoms with Crippen molar-refractivity contribution in [2.24, 2.45) is 0 Å². The number of hydrogen-bond acceptors (Lipinski definition) is 2. The van der Waals surface area contributed by atoms with Crippen molar-refractivity contribution in [2.75, 3.05) is 26.2 Å². The molecule has 18 heavy (non-hydrogen) atoms. The molecule has 0 atom stereocenters. The molecule has 2 N–H and O–H groups in total. The molecule has 0 aliphatic carbocycles. The lowest BCUT2D eigenvalue weighted by molar-refractivity contribution is 0.582. The van der Waals surface area contributed by atoms with Gasteiger partial charge in [-0.25, -0.2) is 0 Å². The van der Waals surface area contributed by atoms with Gasteiger partial charge in [-0.3, -0.25) is 0 Å². The lowest BCUT2D eigenvalue weighted by atomic mass is 10.1. The fraction of sp³-hybridized carbons (Fsp3) is 0.625. The molecule has 0 aromatic heterocycles. The van der Waals surface area contributed by atoms with Crippen molar-refractivity contribution in [2.45, 2.75) is 39.5 Å². The summed E-state index contributed by atoms with van der Waals surface area (Å²) in [5.74, 6) is 0. The van der Waals surface area contributed by atoms with Crippen molar-refractivity contribution in [3.63, 3.8) is 0 Å². The predicted octanol–water partition coefficient (Wildman–Crippen LogP) is 2.91. The van der Waals surface area contributed by atoms with E-state index < -0.39 is 0 Å². The maximum absolute atomic E-state index is 3.51. The van der Waals surface area contributed by atoms with Gasteiger partial charge in [0.15, 0.2) is 0 Å². The van der Waals surface area contributed by atoms with Crippen molar-refractivity contribution in [1.82, 2.24) is 10.6 Å². The van der Waals surface area contributed by atoms with Gasteiger partial charge in [-0.2, -0.15) is 0 Å². The molecular weight excluding hydrogens is 220 g/mol. The third kappa shape index (κ3) is 7.46. The van der Waals surface area contributed by atoms with Crippen LogP contribution in [0.1, 0.15) is 37.3 Å². The summed E-state index contributed by atoms with van der Waals surface area (Å²) in [4.78, 5) is 0. The van der Waals surface area contributed by atoms with Gasteiger partial charge in [0.25, 0.3) is 0 Å². The van der Waals surface area contributed by atoms with E-state index in [9.17, 15) is 0 Å². The van der Waals surface area contributed by atoms with Crippen LogP contribution in [0.3, 0.4) is 0 Å². The first kappa shape index (κ1) is 15.2. The first-order valence-corrected chi connectivity index (χ1v) is 7.30. The maximum atomic E-state index is 3.51. The molecule has 1 aromatic carbocycles. The highest BCUT2D eigenvalue weighted by atomic mass is 14.9. The van der Waals surface area contributed by atoms with Crippen LogP contribution in [0.2, 0.25) is 0 Å². The van der Waals surface area contributed by atoms with E-state index >= 15 is 0 Å². The Morgan fingerprint density at radius 3 is 2.39 bits per heavy atom. The Kier molecular flexibility index (Phi) is 8.53. The maximum Gasteiger partial charge on any atom is -0.00368 e. The Labute approximate surface area is 112 Å². The van der Waals surface area contributed by atoms with E-state index in [0.29, 0.717) is 0 Å². The molecule has 0 aliphatic heterocycles. The van der Waals surface area contributed by atoms with Crippen LogP contribution in [0, 0.1) is 6.92 Å². The van der Waals surface area contributed by atoms with Gasteiger partial charge in [-0.1, -0.05) is 36.8 Å². The van der Waals surface area contributed by atoms with Gasteiger partial charge in [-0.15, -0.1) is 0 Å². The highest BCUT2D eigenvalue weighted by Gasteiger charge is 1.94. The standard InChI is InChI=1S/C16H28N2/c1-3-10-17-12-6-13-18-11-5-9-16-8-4-7-15(2)14-16/h4,7-8,14,17-18H,3,5-6,9-13H2,1-2H3. The molecule has 0 saturated heterocycles. The SMILES string of the molecule is CCCNCCCNCCCc1cccc(C)c1. The number of benzene rings is 1. The fourth-order valence-electron chi connectivity index (χ4n) is 2.05. The summed E-state index contributed by atoms with van der Waals surface area (Å²) < 4.78 is 0. The molecule has 0 saturated carbocycles. The fourth-order valence-corrected chi connectivity index (χ4v) is 2.05. The second kappa shape index (κ2) is 10.1. The number of aryl methyl sites for hydroxylation is 2. The summed E-state index contributed by atoms with van der Waals surface area (Å²) in [6, 6.07) is 8.82. The van der Waals surface area contributed by atoms with Gasteiger partial charge in [0, 0.05) is 0 Å². The summed E-state index contributed by atoms with van der Waals surface area (Å²) in [6.45, 7) is 8.90. The quantitative estimate of drug-likeness (QED) is 0.622. The molecule has 0 spiro atoms. The molecule has 0 unspecified atom stereocenters. The zero-order valence-corrected chi connectivity index (χ0v) is 12.0. The van der Waals surface area contributed by atoms with Crippen molar-refractivity contribution in [3.05, 3.63) is 35.4 Å². The zero-order chi connectivity index (χ0) is 13.1. The van der Waals surface area contributed by atoms with E-state index in [4.69, 9.17) is 0 Å². The second-order valence-electron chi connectivity index (χ2n) is 4.95. The van der Waals surface area contributed by atoms with Crippen LogP contribution in [0.4, 0.5) is 0 Å². The molecule has 0 bridgehead atoms. The molecule has 0 heterocycles. The van der Waals surface area contributed by atoms with Crippen LogP contribution >= 0.6 is 0 Å². The van der Waals surface area contributed by atoms with Crippen LogP contribution in [0.25, 0.3) is 0 Å². The lowest BCUT2D eigenvalue weighted by Gasteiger charge is -2.06. The zero-order valence-electron chi connectivity index (χ0n) is 12.0. The molecule has 0 aliphatic rings. The average Bonchev–Trinajstić information content (AvgIpc) is 2.37. The van der Waals surface area contributed by atoms with Gasteiger partial charge in [0.05, 0.1) is 0 Å². The second-order valence-corrected chi connectivity index (χ2v) is 4.95.